The van der Waals surface area contributed by atoms with Crippen LogP contribution in [0.15, 0.2) is 60.7 Å². The van der Waals surface area contributed by atoms with Crippen LogP contribution in [0, 0.1) is 5.92 Å². The Morgan fingerprint density at radius 2 is 1.67 bits per heavy atom. The van der Waals surface area contributed by atoms with Crippen LogP contribution in [0.2, 0.25) is 0 Å². The van der Waals surface area contributed by atoms with E-state index in [9.17, 15) is 9.90 Å². The van der Waals surface area contributed by atoms with Gasteiger partial charge in [0.2, 0.25) is 0 Å². The number of carboxylic acid groups (broad SMARTS) is 1. The second-order valence-corrected chi connectivity index (χ2v) is 6.32. The van der Waals surface area contributed by atoms with E-state index in [0.717, 1.165) is 28.9 Å². The third kappa shape index (κ3) is 2.85. The predicted molar refractivity (Wildman–Crippen MR) is 93.6 cm³/mol. The molecule has 0 aliphatic heterocycles. The molecule has 3 aromatic carbocycles. The Morgan fingerprint density at radius 1 is 0.917 bits per heavy atom. The number of carbonyl (C=O) groups is 1. The molecule has 3 heteroatoms. The fourth-order valence-corrected chi connectivity index (χ4v) is 3.37. The molecule has 0 fully saturated rings. The van der Waals surface area contributed by atoms with Gasteiger partial charge in [-0.25, -0.2) is 0 Å². The van der Waals surface area contributed by atoms with Crippen LogP contribution >= 0.6 is 0 Å². The number of aliphatic carboxylic acids is 1. The molecule has 4 rings (SSSR count). The van der Waals surface area contributed by atoms with Gasteiger partial charge in [0.15, 0.2) is 0 Å². The molecule has 0 heterocycles. The van der Waals surface area contributed by atoms with Crippen LogP contribution in [-0.4, -0.2) is 11.1 Å². The van der Waals surface area contributed by atoms with E-state index in [1.807, 2.05) is 42.5 Å². The van der Waals surface area contributed by atoms with E-state index in [-0.39, 0.29) is 5.92 Å². The third-order valence-electron chi connectivity index (χ3n) is 4.71. The first-order chi connectivity index (χ1) is 11.7. The summed E-state index contributed by atoms with van der Waals surface area (Å²) in [7, 11) is 0. The highest BCUT2D eigenvalue weighted by atomic mass is 16.5. The summed E-state index contributed by atoms with van der Waals surface area (Å²) in [6.07, 6.45) is 2.10. The molecule has 120 valence electrons. The van der Waals surface area contributed by atoms with Crippen LogP contribution in [0.3, 0.4) is 0 Å². The lowest BCUT2D eigenvalue weighted by Crippen LogP contribution is -2.22. The molecule has 0 radical (unpaired) electrons. The van der Waals surface area contributed by atoms with Gasteiger partial charge in [0, 0.05) is 0 Å². The Labute approximate surface area is 140 Å². The van der Waals surface area contributed by atoms with Gasteiger partial charge in [-0.2, -0.15) is 0 Å². The second kappa shape index (κ2) is 6.00. The predicted octanol–water partition coefficient (Wildman–Crippen LogP) is 4.82. The average Bonchev–Trinajstić information content (AvgIpc) is 2.61. The summed E-state index contributed by atoms with van der Waals surface area (Å²) in [5, 5.41) is 11.5. The Hall–Kier alpha value is -2.81. The Balaban J connectivity index is 1.57. The molecule has 0 aromatic heterocycles. The highest BCUT2D eigenvalue weighted by Gasteiger charge is 2.24. The smallest absolute Gasteiger partial charge is 0.306 e. The second-order valence-electron chi connectivity index (χ2n) is 6.32. The number of benzene rings is 3. The van der Waals surface area contributed by atoms with Gasteiger partial charge in [-0.1, -0.05) is 36.4 Å². The van der Waals surface area contributed by atoms with Gasteiger partial charge in [0.05, 0.1) is 5.92 Å². The van der Waals surface area contributed by atoms with Gasteiger partial charge in [0.1, 0.15) is 11.5 Å². The highest BCUT2D eigenvalue weighted by Crippen LogP contribution is 2.31. The molecule has 3 aromatic rings. The highest BCUT2D eigenvalue weighted by molar-refractivity contribution is 5.83. The molecule has 1 N–H and O–H groups in total. The van der Waals surface area contributed by atoms with Crippen molar-refractivity contribution in [3.63, 3.8) is 0 Å². The standard InChI is InChI=1S/C21H18O3/c22-21(23)18-6-5-17-13-20(10-8-16(17)11-18)24-19-9-7-14-3-1-2-4-15(14)12-19/h1-4,7-10,12-13,18H,5-6,11H2,(H,22,23). The number of fused-ring (bicyclic) bond motifs is 2. The van der Waals surface area contributed by atoms with Crippen molar-refractivity contribution in [1.82, 2.24) is 0 Å². The van der Waals surface area contributed by atoms with Crippen molar-refractivity contribution >= 4 is 16.7 Å². The molecule has 0 amide bonds. The molecule has 0 spiro atoms. The minimum absolute atomic E-state index is 0.259. The van der Waals surface area contributed by atoms with E-state index in [4.69, 9.17) is 4.74 Å². The summed E-state index contributed by atoms with van der Waals surface area (Å²) >= 11 is 0. The topological polar surface area (TPSA) is 46.5 Å². The molecule has 3 nitrogen and oxygen atoms in total. The molecule has 1 aliphatic rings. The van der Waals surface area contributed by atoms with Crippen molar-refractivity contribution in [3.8, 4) is 11.5 Å². The van der Waals surface area contributed by atoms with E-state index in [1.54, 1.807) is 0 Å². The number of hydrogen-bond acceptors (Lipinski definition) is 2. The Bertz CT molecular complexity index is 914. The maximum absolute atomic E-state index is 11.2. The van der Waals surface area contributed by atoms with Crippen molar-refractivity contribution < 1.29 is 14.6 Å². The minimum Gasteiger partial charge on any atom is -0.481 e. The lowest BCUT2D eigenvalue weighted by Gasteiger charge is -2.22. The van der Waals surface area contributed by atoms with E-state index in [0.29, 0.717) is 12.8 Å². The first-order valence-electron chi connectivity index (χ1n) is 8.20. The summed E-state index contributed by atoms with van der Waals surface area (Å²) in [6.45, 7) is 0. The zero-order chi connectivity index (χ0) is 16.5. The van der Waals surface area contributed by atoms with Crippen molar-refractivity contribution in [1.29, 1.82) is 0 Å². The summed E-state index contributed by atoms with van der Waals surface area (Å²) in [6, 6.07) is 20.2. The zero-order valence-corrected chi connectivity index (χ0v) is 13.2. The van der Waals surface area contributed by atoms with Gasteiger partial charge in [-0.3, -0.25) is 4.79 Å². The molecular weight excluding hydrogens is 300 g/mol. The van der Waals surface area contributed by atoms with Gasteiger partial charge in [-0.05, 0) is 65.4 Å². The fourth-order valence-electron chi connectivity index (χ4n) is 3.37. The summed E-state index contributed by atoms with van der Waals surface area (Å²) in [5.41, 5.74) is 2.32. The Kier molecular flexibility index (Phi) is 3.69. The summed E-state index contributed by atoms with van der Waals surface area (Å²) in [4.78, 5) is 11.2. The number of aryl methyl sites for hydroxylation is 1. The molecule has 1 atom stereocenters. The first kappa shape index (κ1) is 14.8. The van der Waals surface area contributed by atoms with Crippen LogP contribution in [0.1, 0.15) is 17.5 Å². The molecule has 0 bridgehead atoms. The molecule has 1 aliphatic carbocycles. The summed E-state index contributed by atoms with van der Waals surface area (Å²) in [5.74, 6) is 0.660. The van der Waals surface area contributed by atoms with Crippen LogP contribution in [0.5, 0.6) is 11.5 Å². The van der Waals surface area contributed by atoms with E-state index < -0.39 is 5.97 Å². The molecular formula is C21H18O3. The molecule has 0 saturated heterocycles. The van der Waals surface area contributed by atoms with Gasteiger partial charge in [0.25, 0.3) is 0 Å². The number of ether oxygens (including phenoxy) is 1. The average molecular weight is 318 g/mol. The van der Waals surface area contributed by atoms with E-state index in [1.165, 1.54) is 10.9 Å². The van der Waals surface area contributed by atoms with Crippen LogP contribution in [-0.2, 0) is 17.6 Å². The zero-order valence-electron chi connectivity index (χ0n) is 13.2. The minimum atomic E-state index is -0.697. The molecule has 24 heavy (non-hydrogen) atoms. The van der Waals surface area contributed by atoms with E-state index >= 15 is 0 Å². The lowest BCUT2D eigenvalue weighted by molar-refractivity contribution is -0.142. The third-order valence-corrected chi connectivity index (χ3v) is 4.71. The fraction of sp³-hybridized carbons (Fsp3) is 0.190. The van der Waals surface area contributed by atoms with Crippen molar-refractivity contribution in [2.24, 2.45) is 5.92 Å². The van der Waals surface area contributed by atoms with Crippen molar-refractivity contribution in [2.45, 2.75) is 19.3 Å². The van der Waals surface area contributed by atoms with Gasteiger partial charge in [-0.15, -0.1) is 0 Å². The SMILES string of the molecule is O=C(O)C1CCc2cc(Oc3ccc4ccccc4c3)ccc2C1. The molecule has 0 saturated carbocycles. The lowest BCUT2D eigenvalue weighted by atomic mass is 9.84. The van der Waals surface area contributed by atoms with Gasteiger partial charge < -0.3 is 9.84 Å². The van der Waals surface area contributed by atoms with E-state index in [2.05, 4.69) is 18.2 Å². The Morgan fingerprint density at radius 3 is 2.50 bits per heavy atom. The quantitative estimate of drug-likeness (QED) is 0.753. The maximum Gasteiger partial charge on any atom is 0.306 e. The number of rotatable bonds is 3. The van der Waals surface area contributed by atoms with Gasteiger partial charge >= 0.3 is 5.97 Å². The monoisotopic (exact) mass is 318 g/mol. The van der Waals surface area contributed by atoms with Crippen molar-refractivity contribution in [3.05, 3.63) is 71.8 Å². The largest absolute Gasteiger partial charge is 0.481 e. The van der Waals surface area contributed by atoms with Crippen LogP contribution in [0.25, 0.3) is 10.8 Å². The number of carboxylic acids is 1. The summed E-state index contributed by atoms with van der Waals surface area (Å²) < 4.78 is 6.01. The van der Waals surface area contributed by atoms with Crippen LogP contribution < -0.4 is 4.74 Å². The van der Waals surface area contributed by atoms with Crippen LogP contribution in [0.4, 0.5) is 0 Å². The number of hydrogen-bond donors (Lipinski definition) is 1. The molecule has 1 unspecified atom stereocenters. The maximum atomic E-state index is 11.2. The first-order valence-corrected chi connectivity index (χ1v) is 8.20. The van der Waals surface area contributed by atoms with Crippen molar-refractivity contribution in [2.75, 3.05) is 0 Å². The normalized spacial score (nSPS) is 16.6.